The molecule has 1 N–H and O–H groups in total. The van der Waals surface area contributed by atoms with Gasteiger partial charge in [0.2, 0.25) is 12.1 Å². The second-order valence-corrected chi connectivity index (χ2v) is 3.85. The van der Waals surface area contributed by atoms with Gasteiger partial charge in [-0.15, -0.1) is 0 Å². The fourth-order valence-electron chi connectivity index (χ4n) is 1.57. The van der Waals surface area contributed by atoms with Crippen LogP contribution in [0.1, 0.15) is 26.7 Å². The molecule has 0 fully saturated rings. The minimum Gasteiger partial charge on any atom is -0.364 e. The summed E-state index contributed by atoms with van der Waals surface area (Å²) in [6.07, 6.45) is 3.58. The van der Waals surface area contributed by atoms with E-state index in [1.807, 2.05) is 0 Å². The van der Waals surface area contributed by atoms with Crippen LogP contribution >= 0.6 is 0 Å². The highest BCUT2D eigenvalue weighted by molar-refractivity contribution is 5.51. The summed E-state index contributed by atoms with van der Waals surface area (Å²) in [5.41, 5.74) is 0. The summed E-state index contributed by atoms with van der Waals surface area (Å²) >= 11 is 0. The molecule has 0 saturated heterocycles. The molecule has 0 bridgehead atoms. The Morgan fingerprint density at radius 1 is 1.56 bits per heavy atom. The first kappa shape index (κ1) is 12.5. The molecule has 90 valence electrons. The van der Waals surface area contributed by atoms with Crippen LogP contribution in [-0.2, 0) is 7.05 Å². The van der Waals surface area contributed by atoms with E-state index in [2.05, 4.69) is 24.1 Å². The molecule has 0 saturated carbocycles. The first-order valence-corrected chi connectivity index (χ1v) is 5.49. The maximum absolute atomic E-state index is 10.7. The zero-order valence-electron chi connectivity index (χ0n) is 9.93. The molecule has 0 aliphatic rings. The van der Waals surface area contributed by atoms with E-state index in [4.69, 9.17) is 0 Å². The van der Waals surface area contributed by atoms with Gasteiger partial charge in [0.25, 0.3) is 0 Å². The van der Waals surface area contributed by atoms with Gasteiger partial charge in [-0.25, -0.2) is 0 Å². The van der Waals surface area contributed by atoms with Gasteiger partial charge in [0, 0.05) is 13.6 Å². The van der Waals surface area contributed by atoms with Crippen LogP contribution < -0.4 is 5.32 Å². The molecule has 16 heavy (non-hydrogen) atoms. The fourth-order valence-corrected chi connectivity index (χ4v) is 1.57. The van der Waals surface area contributed by atoms with E-state index in [-0.39, 0.29) is 5.82 Å². The lowest BCUT2D eigenvalue weighted by molar-refractivity contribution is -0.388. The van der Waals surface area contributed by atoms with E-state index >= 15 is 0 Å². The Hall–Kier alpha value is -1.59. The van der Waals surface area contributed by atoms with E-state index in [1.54, 1.807) is 11.6 Å². The van der Waals surface area contributed by atoms with E-state index < -0.39 is 4.92 Å². The van der Waals surface area contributed by atoms with Gasteiger partial charge in [0.15, 0.2) is 0 Å². The molecule has 0 amide bonds. The fraction of sp³-hybridized carbons (Fsp3) is 0.700. The Balaban J connectivity index is 2.72. The minimum atomic E-state index is -0.463. The summed E-state index contributed by atoms with van der Waals surface area (Å²) in [7, 11) is 1.75. The van der Waals surface area contributed by atoms with Crippen molar-refractivity contribution in [2.75, 3.05) is 11.9 Å². The lowest BCUT2D eigenvalue weighted by Gasteiger charge is -2.13. The van der Waals surface area contributed by atoms with Gasteiger partial charge in [-0.05, 0) is 15.8 Å². The number of anilines is 1. The average Bonchev–Trinajstić information content (AvgIpc) is 2.62. The second kappa shape index (κ2) is 5.48. The van der Waals surface area contributed by atoms with E-state index in [0.29, 0.717) is 11.7 Å². The highest BCUT2D eigenvalue weighted by atomic mass is 16.6. The van der Waals surface area contributed by atoms with Crippen molar-refractivity contribution in [1.82, 2.24) is 9.55 Å². The molecule has 1 aromatic rings. The van der Waals surface area contributed by atoms with Gasteiger partial charge in [-0.3, -0.25) is 4.57 Å². The number of imidazole rings is 1. The van der Waals surface area contributed by atoms with Crippen molar-refractivity contribution >= 4 is 11.6 Å². The standard InChI is InChI=1S/C10H18N4O2/c1-4-8(5-2)6-11-9-10(14(15)16)12-7-13(9)3/h7-8,11H,4-6H2,1-3H3. The normalized spacial score (nSPS) is 10.8. The van der Waals surface area contributed by atoms with Crippen molar-refractivity contribution in [3.63, 3.8) is 0 Å². The number of rotatable bonds is 6. The predicted molar refractivity (Wildman–Crippen MR) is 62.4 cm³/mol. The van der Waals surface area contributed by atoms with Crippen molar-refractivity contribution in [3.8, 4) is 0 Å². The lowest BCUT2D eigenvalue weighted by atomic mass is 10.0. The molecule has 0 spiro atoms. The Morgan fingerprint density at radius 2 is 2.19 bits per heavy atom. The molecule has 0 aromatic carbocycles. The molecule has 0 radical (unpaired) electrons. The summed E-state index contributed by atoms with van der Waals surface area (Å²) in [5, 5.41) is 13.8. The van der Waals surface area contributed by atoms with Crippen molar-refractivity contribution in [1.29, 1.82) is 0 Å². The molecule has 0 atom stereocenters. The molecule has 0 aliphatic heterocycles. The average molecular weight is 226 g/mol. The van der Waals surface area contributed by atoms with Gasteiger partial charge in [-0.1, -0.05) is 26.7 Å². The van der Waals surface area contributed by atoms with Gasteiger partial charge in [0.1, 0.15) is 0 Å². The molecular weight excluding hydrogens is 208 g/mol. The van der Waals surface area contributed by atoms with Crippen LogP contribution in [0, 0.1) is 16.0 Å². The van der Waals surface area contributed by atoms with Crippen molar-refractivity contribution in [2.24, 2.45) is 13.0 Å². The van der Waals surface area contributed by atoms with Crippen LogP contribution in [0.25, 0.3) is 0 Å². The maximum atomic E-state index is 10.7. The van der Waals surface area contributed by atoms with E-state index in [1.165, 1.54) is 6.33 Å². The SMILES string of the molecule is CCC(CC)CNc1c([N+](=O)[O-])ncn1C. The second-order valence-electron chi connectivity index (χ2n) is 3.85. The predicted octanol–water partition coefficient (Wildman–Crippen LogP) is 2.18. The van der Waals surface area contributed by atoms with Crippen LogP contribution in [0.3, 0.4) is 0 Å². The van der Waals surface area contributed by atoms with Crippen molar-refractivity contribution < 1.29 is 4.92 Å². The summed E-state index contributed by atoms with van der Waals surface area (Å²) in [6.45, 7) is 4.98. The van der Waals surface area contributed by atoms with Gasteiger partial charge < -0.3 is 15.4 Å². The summed E-state index contributed by atoms with van der Waals surface area (Å²) in [6, 6.07) is 0. The zero-order chi connectivity index (χ0) is 12.1. The number of hydrogen-bond donors (Lipinski definition) is 1. The molecule has 0 unspecified atom stereocenters. The number of aryl methyl sites for hydroxylation is 1. The third-order valence-corrected chi connectivity index (χ3v) is 2.80. The van der Waals surface area contributed by atoms with E-state index in [0.717, 1.165) is 19.4 Å². The number of hydrogen-bond acceptors (Lipinski definition) is 4. The Bertz CT molecular complexity index is 358. The first-order valence-electron chi connectivity index (χ1n) is 5.49. The molecule has 6 nitrogen and oxygen atoms in total. The first-order chi connectivity index (χ1) is 7.60. The van der Waals surface area contributed by atoms with Crippen LogP contribution in [0.5, 0.6) is 0 Å². The Morgan fingerprint density at radius 3 is 2.69 bits per heavy atom. The number of aromatic nitrogens is 2. The van der Waals surface area contributed by atoms with Crippen molar-refractivity contribution in [2.45, 2.75) is 26.7 Å². The highest BCUT2D eigenvalue weighted by Gasteiger charge is 2.20. The third kappa shape index (κ3) is 2.71. The molecule has 1 aromatic heterocycles. The molecule has 1 heterocycles. The van der Waals surface area contributed by atoms with Gasteiger partial charge >= 0.3 is 5.82 Å². The quantitative estimate of drug-likeness (QED) is 0.596. The topological polar surface area (TPSA) is 73.0 Å². The van der Waals surface area contributed by atoms with Crippen LogP contribution in [0.2, 0.25) is 0 Å². The Labute approximate surface area is 94.8 Å². The molecule has 1 rings (SSSR count). The van der Waals surface area contributed by atoms with Crippen LogP contribution in [0.15, 0.2) is 6.33 Å². The number of nitrogens with one attached hydrogen (secondary N) is 1. The van der Waals surface area contributed by atoms with Crippen LogP contribution in [-0.4, -0.2) is 21.0 Å². The summed E-state index contributed by atoms with van der Waals surface area (Å²) in [4.78, 5) is 14.0. The van der Waals surface area contributed by atoms with Gasteiger partial charge in [-0.2, -0.15) is 0 Å². The van der Waals surface area contributed by atoms with Gasteiger partial charge in [0.05, 0.1) is 0 Å². The minimum absolute atomic E-state index is 0.103. The Kier molecular flexibility index (Phi) is 4.28. The number of nitro groups is 1. The maximum Gasteiger partial charge on any atom is 0.406 e. The summed E-state index contributed by atoms with van der Waals surface area (Å²) < 4.78 is 1.64. The highest BCUT2D eigenvalue weighted by Crippen LogP contribution is 2.21. The smallest absolute Gasteiger partial charge is 0.364 e. The largest absolute Gasteiger partial charge is 0.406 e. The lowest BCUT2D eigenvalue weighted by Crippen LogP contribution is -2.15. The van der Waals surface area contributed by atoms with E-state index in [9.17, 15) is 10.1 Å². The molecule has 0 aliphatic carbocycles. The molecule has 6 heteroatoms. The number of nitrogens with zero attached hydrogens (tertiary/aromatic N) is 3. The molecular formula is C10H18N4O2. The monoisotopic (exact) mass is 226 g/mol. The third-order valence-electron chi connectivity index (χ3n) is 2.80. The zero-order valence-corrected chi connectivity index (χ0v) is 9.93. The summed E-state index contributed by atoms with van der Waals surface area (Å²) in [5.74, 6) is 0.917. The van der Waals surface area contributed by atoms with Crippen molar-refractivity contribution in [3.05, 3.63) is 16.4 Å². The van der Waals surface area contributed by atoms with Crippen LogP contribution in [0.4, 0.5) is 11.6 Å².